The van der Waals surface area contributed by atoms with Crippen LogP contribution in [-0.4, -0.2) is 67.1 Å². The number of carboxylic acid groups (broad SMARTS) is 1. The number of carbonyl (C=O) groups excluding carboxylic acids is 1. The van der Waals surface area contributed by atoms with Gasteiger partial charge in [0.1, 0.15) is 6.04 Å². The maximum absolute atomic E-state index is 12.1. The van der Waals surface area contributed by atoms with Crippen molar-refractivity contribution in [3.05, 3.63) is 0 Å². The molecule has 9 heteroatoms. The number of amides is 1. The van der Waals surface area contributed by atoms with E-state index in [-0.39, 0.29) is 11.8 Å². The Labute approximate surface area is 129 Å². The van der Waals surface area contributed by atoms with Gasteiger partial charge in [0.2, 0.25) is 15.9 Å². The van der Waals surface area contributed by atoms with Gasteiger partial charge in [0, 0.05) is 19.0 Å². The Morgan fingerprint density at radius 3 is 2.38 bits per heavy atom. The highest BCUT2D eigenvalue weighted by Gasteiger charge is 2.30. The van der Waals surface area contributed by atoms with Crippen molar-refractivity contribution in [2.45, 2.75) is 25.3 Å². The van der Waals surface area contributed by atoms with Crippen molar-refractivity contribution in [2.24, 2.45) is 5.92 Å². The number of rotatable bonds is 7. The fourth-order valence-corrected chi connectivity index (χ4v) is 3.58. The number of nitrogens with one attached hydrogen (secondary N) is 1. The van der Waals surface area contributed by atoms with E-state index in [1.165, 1.54) is 16.1 Å². The van der Waals surface area contributed by atoms with Crippen LogP contribution in [0.1, 0.15) is 19.3 Å². The first kappa shape index (κ1) is 18.2. The number of carboxylic acids is 1. The second-order valence-corrected chi connectivity index (χ2v) is 8.09. The molecule has 0 aromatic rings. The van der Waals surface area contributed by atoms with Crippen LogP contribution in [0.4, 0.5) is 0 Å². The Hall–Kier alpha value is -0.800. The molecule has 2 N–H and O–H groups in total. The molecule has 1 fully saturated rings. The van der Waals surface area contributed by atoms with Crippen molar-refractivity contribution in [1.82, 2.24) is 9.62 Å². The van der Waals surface area contributed by atoms with Gasteiger partial charge in [-0.1, -0.05) is 0 Å². The summed E-state index contributed by atoms with van der Waals surface area (Å²) in [5.41, 5.74) is 0. The molecule has 0 bridgehead atoms. The van der Waals surface area contributed by atoms with Gasteiger partial charge < -0.3 is 10.4 Å². The van der Waals surface area contributed by atoms with E-state index in [2.05, 4.69) is 5.32 Å². The quantitative estimate of drug-likeness (QED) is 0.676. The molecule has 1 aliphatic heterocycles. The minimum absolute atomic E-state index is 0.295. The number of thioether (sulfide) groups is 1. The Bertz CT molecular complexity index is 472. The van der Waals surface area contributed by atoms with Gasteiger partial charge in [-0.25, -0.2) is 17.5 Å². The lowest BCUT2D eigenvalue weighted by Gasteiger charge is -2.30. The number of sulfonamides is 1. The third-order valence-electron chi connectivity index (χ3n) is 3.52. The molecular weight excluding hydrogens is 316 g/mol. The number of nitrogens with zero attached hydrogens (tertiary/aromatic N) is 1. The molecule has 0 aromatic heterocycles. The molecule has 0 aromatic carbocycles. The summed E-state index contributed by atoms with van der Waals surface area (Å²) in [6.07, 6.45) is 4.25. The molecule has 0 saturated carbocycles. The fraction of sp³-hybridized carbons (Fsp3) is 0.833. The Morgan fingerprint density at radius 1 is 1.38 bits per heavy atom. The third kappa shape index (κ3) is 5.84. The third-order valence-corrected chi connectivity index (χ3v) is 5.47. The highest BCUT2D eigenvalue weighted by molar-refractivity contribution is 7.98. The molecule has 1 amide bonds. The highest BCUT2D eigenvalue weighted by Crippen LogP contribution is 2.19. The normalized spacial score (nSPS) is 19.1. The molecule has 0 radical (unpaired) electrons. The molecule has 1 heterocycles. The average molecular weight is 338 g/mol. The smallest absolute Gasteiger partial charge is 0.326 e. The van der Waals surface area contributed by atoms with Crippen LogP contribution in [0.3, 0.4) is 0 Å². The van der Waals surface area contributed by atoms with Crippen LogP contribution >= 0.6 is 11.8 Å². The van der Waals surface area contributed by atoms with Crippen molar-refractivity contribution in [3.63, 3.8) is 0 Å². The number of hydrogen-bond donors (Lipinski definition) is 2. The summed E-state index contributed by atoms with van der Waals surface area (Å²) < 4.78 is 24.1. The molecular formula is C12H22N2O5S2. The zero-order valence-corrected chi connectivity index (χ0v) is 13.9. The maximum Gasteiger partial charge on any atom is 0.326 e. The first-order valence-electron chi connectivity index (χ1n) is 6.73. The van der Waals surface area contributed by atoms with Gasteiger partial charge >= 0.3 is 5.97 Å². The number of carbonyl (C=O) groups is 2. The second-order valence-electron chi connectivity index (χ2n) is 5.12. The molecule has 0 unspecified atom stereocenters. The molecule has 1 saturated heterocycles. The van der Waals surface area contributed by atoms with Crippen LogP contribution in [-0.2, 0) is 19.6 Å². The second kappa shape index (κ2) is 8.00. The van der Waals surface area contributed by atoms with Crippen LogP contribution in [0.5, 0.6) is 0 Å². The number of aliphatic carboxylic acids is 1. The van der Waals surface area contributed by atoms with E-state index >= 15 is 0 Å². The van der Waals surface area contributed by atoms with Crippen molar-refractivity contribution in [1.29, 1.82) is 0 Å². The first-order valence-corrected chi connectivity index (χ1v) is 9.97. The average Bonchev–Trinajstić information content (AvgIpc) is 2.42. The van der Waals surface area contributed by atoms with Gasteiger partial charge in [0.05, 0.1) is 6.26 Å². The van der Waals surface area contributed by atoms with Crippen molar-refractivity contribution in [3.8, 4) is 0 Å². The van der Waals surface area contributed by atoms with E-state index in [4.69, 9.17) is 5.11 Å². The van der Waals surface area contributed by atoms with Crippen molar-refractivity contribution < 1.29 is 23.1 Å². The first-order chi connectivity index (χ1) is 9.75. The Kier molecular flexibility index (Phi) is 6.95. The lowest BCUT2D eigenvalue weighted by Crippen LogP contribution is -2.47. The van der Waals surface area contributed by atoms with Crippen LogP contribution in [0, 0.1) is 5.92 Å². The van der Waals surface area contributed by atoms with E-state index in [1.807, 2.05) is 6.26 Å². The highest BCUT2D eigenvalue weighted by atomic mass is 32.2. The minimum Gasteiger partial charge on any atom is -0.480 e. The lowest BCUT2D eigenvalue weighted by molar-refractivity contribution is -0.142. The maximum atomic E-state index is 12.1. The van der Waals surface area contributed by atoms with Crippen LogP contribution < -0.4 is 5.32 Å². The van der Waals surface area contributed by atoms with Gasteiger partial charge in [-0.2, -0.15) is 11.8 Å². The standard InChI is InChI=1S/C12H22N2O5S2/c1-20-8-5-10(12(16)17)13-11(15)9-3-6-14(7-4-9)21(2,18)19/h9-10H,3-8H2,1-2H3,(H,13,15)(H,16,17)/t10-/m0/s1. The van der Waals surface area contributed by atoms with Gasteiger partial charge in [-0.15, -0.1) is 0 Å². The van der Waals surface area contributed by atoms with Gasteiger partial charge in [-0.05, 0) is 31.3 Å². The topological polar surface area (TPSA) is 104 Å². The largest absolute Gasteiger partial charge is 0.480 e. The van der Waals surface area contributed by atoms with E-state index in [9.17, 15) is 18.0 Å². The summed E-state index contributed by atoms with van der Waals surface area (Å²) in [6, 6.07) is -0.877. The molecule has 1 aliphatic rings. The zero-order chi connectivity index (χ0) is 16.0. The Balaban J connectivity index is 2.51. The molecule has 0 spiro atoms. The van der Waals surface area contributed by atoms with E-state index < -0.39 is 22.0 Å². The van der Waals surface area contributed by atoms with Gasteiger partial charge in [0.25, 0.3) is 0 Å². The van der Waals surface area contributed by atoms with Crippen LogP contribution in [0.25, 0.3) is 0 Å². The molecule has 1 rings (SSSR count). The molecule has 1 atom stereocenters. The van der Waals surface area contributed by atoms with Crippen LogP contribution in [0.2, 0.25) is 0 Å². The minimum atomic E-state index is -3.22. The monoisotopic (exact) mass is 338 g/mol. The molecule has 21 heavy (non-hydrogen) atoms. The summed E-state index contributed by atoms with van der Waals surface area (Å²) in [5.74, 6) is -0.995. The number of hydrogen-bond acceptors (Lipinski definition) is 5. The van der Waals surface area contributed by atoms with Crippen molar-refractivity contribution in [2.75, 3.05) is 31.4 Å². The zero-order valence-electron chi connectivity index (χ0n) is 12.2. The van der Waals surface area contributed by atoms with Gasteiger partial charge in [-0.3, -0.25) is 4.79 Å². The predicted octanol–water partition coefficient (Wildman–Crippen LogP) is -0.0195. The fourth-order valence-electron chi connectivity index (χ4n) is 2.23. The predicted molar refractivity (Wildman–Crippen MR) is 81.7 cm³/mol. The summed E-state index contributed by atoms with van der Waals surface area (Å²) in [7, 11) is -3.22. The number of piperidine rings is 1. The summed E-state index contributed by atoms with van der Waals surface area (Å²) in [4.78, 5) is 23.2. The summed E-state index contributed by atoms with van der Waals surface area (Å²) in [5, 5.41) is 11.6. The molecule has 7 nitrogen and oxygen atoms in total. The van der Waals surface area contributed by atoms with Gasteiger partial charge in [0.15, 0.2) is 0 Å². The summed E-state index contributed by atoms with van der Waals surface area (Å²) >= 11 is 1.53. The van der Waals surface area contributed by atoms with E-state index in [1.54, 1.807) is 0 Å². The Morgan fingerprint density at radius 2 is 1.95 bits per heavy atom. The summed E-state index contributed by atoms with van der Waals surface area (Å²) in [6.45, 7) is 0.610. The lowest BCUT2D eigenvalue weighted by atomic mass is 9.96. The molecule has 0 aliphatic carbocycles. The van der Waals surface area contributed by atoms with Crippen LogP contribution in [0.15, 0.2) is 0 Å². The van der Waals surface area contributed by atoms with E-state index in [0.717, 1.165) is 6.26 Å². The molecule has 122 valence electrons. The van der Waals surface area contributed by atoms with Crippen molar-refractivity contribution >= 4 is 33.7 Å². The van der Waals surface area contributed by atoms with E-state index in [0.29, 0.717) is 38.1 Å². The SMILES string of the molecule is CSCC[C@H](NC(=O)C1CCN(S(C)(=O)=O)CC1)C(=O)O.